The Balaban J connectivity index is 1.96. The molecule has 5 nitrogen and oxygen atoms in total. The van der Waals surface area contributed by atoms with Gasteiger partial charge in [0.25, 0.3) is 0 Å². The third-order valence-corrected chi connectivity index (χ3v) is 4.00. The molecule has 2 amide bonds. The summed E-state index contributed by atoms with van der Waals surface area (Å²) in [5.74, 6) is -0.510. The molecular weight excluding hydrogens is 268 g/mol. The van der Waals surface area contributed by atoms with Crippen molar-refractivity contribution in [1.29, 1.82) is 0 Å². The predicted octanol–water partition coefficient (Wildman–Crippen LogP) is 2.64. The molecule has 1 aromatic rings. The average Bonchev–Trinajstić information content (AvgIpc) is 2.98. The Morgan fingerprint density at radius 3 is 2.48 bits per heavy atom. The zero-order valence-corrected chi connectivity index (χ0v) is 12.3. The molecule has 0 aromatic heterocycles. The lowest BCUT2D eigenvalue weighted by atomic mass is 10.1. The SMILES string of the molecule is CN(CC1CCCC1)C(=O)N[C@@H](C(=O)O)c1ccccc1. The van der Waals surface area contributed by atoms with Crippen LogP contribution in [0.1, 0.15) is 37.3 Å². The standard InChI is InChI=1S/C16H22N2O3/c1-18(11-12-7-5-6-8-12)16(21)17-14(15(19)20)13-9-3-2-4-10-13/h2-4,9-10,12,14H,5-8,11H2,1H3,(H,17,21)(H,19,20)/t14-/m1/s1. The van der Waals surface area contributed by atoms with E-state index in [4.69, 9.17) is 0 Å². The quantitative estimate of drug-likeness (QED) is 0.876. The first-order valence-corrected chi connectivity index (χ1v) is 7.37. The fraction of sp³-hybridized carbons (Fsp3) is 0.500. The number of nitrogens with one attached hydrogen (secondary N) is 1. The van der Waals surface area contributed by atoms with E-state index in [2.05, 4.69) is 5.32 Å². The molecule has 21 heavy (non-hydrogen) atoms. The van der Waals surface area contributed by atoms with Gasteiger partial charge < -0.3 is 15.3 Å². The Bertz CT molecular complexity index is 484. The number of carboxylic acid groups (broad SMARTS) is 1. The molecule has 0 saturated heterocycles. The summed E-state index contributed by atoms with van der Waals surface area (Å²) < 4.78 is 0. The maximum atomic E-state index is 12.2. The average molecular weight is 290 g/mol. The topological polar surface area (TPSA) is 69.6 Å². The van der Waals surface area contributed by atoms with Crippen LogP contribution in [0.25, 0.3) is 0 Å². The van der Waals surface area contributed by atoms with Crippen LogP contribution in [0.5, 0.6) is 0 Å². The Hall–Kier alpha value is -2.04. The van der Waals surface area contributed by atoms with Crippen LogP contribution in [0, 0.1) is 5.92 Å². The van der Waals surface area contributed by atoms with Gasteiger partial charge in [0.15, 0.2) is 6.04 Å². The summed E-state index contributed by atoms with van der Waals surface area (Å²) in [6.07, 6.45) is 4.75. The predicted molar refractivity (Wildman–Crippen MR) is 79.9 cm³/mol. The van der Waals surface area contributed by atoms with Crippen molar-refractivity contribution in [3.05, 3.63) is 35.9 Å². The van der Waals surface area contributed by atoms with Crippen molar-refractivity contribution in [2.45, 2.75) is 31.7 Å². The van der Waals surface area contributed by atoms with Crippen LogP contribution in [0.15, 0.2) is 30.3 Å². The van der Waals surface area contributed by atoms with Crippen LogP contribution in [-0.2, 0) is 4.79 Å². The van der Waals surface area contributed by atoms with Gasteiger partial charge in [0.2, 0.25) is 0 Å². The first-order valence-electron chi connectivity index (χ1n) is 7.37. The van der Waals surface area contributed by atoms with Gasteiger partial charge in [-0.2, -0.15) is 0 Å². The van der Waals surface area contributed by atoms with Gasteiger partial charge in [0, 0.05) is 13.6 Å². The van der Waals surface area contributed by atoms with Gasteiger partial charge in [0.1, 0.15) is 0 Å². The molecule has 0 radical (unpaired) electrons. The highest BCUT2D eigenvalue weighted by Crippen LogP contribution is 2.25. The van der Waals surface area contributed by atoms with Crippen molar-refractivity contribution < 1.29 is 14.7 Å². The molecule has 1 fully saturated rings. The van der Waals surface area contributed by atoms with Crippen LogP contribution in [0.2, 0.25) is 0 Å². The highest BCUT2D eigenvalue weighted by Gasteiger charge is 2.25. The third kappa shape index (κ3) is 4.21. The number of nitrogens with zero attached hydrogens (tertiary/aromatic N) is 1. The lowest BCUT2D eigenvalue weighted by Gasteiger charge is -2.24. The molecule has 1 aromatic carbocycles. The van der Waals surface area contributed by atoms with E-state index >= 15 is 0 Å². The Kier molecular flexibility index (Phi) is 5.20. The van der Waals surface area contributed by atoms with Crippen LogP contribution in [-0.4, -0.2) is 35.6 Å². The van der Waals surface area contributed by atoms with Gasteiger partial charge in [-0.05, 0) is 24.3 Å². The number of carbonyl (C=O) groups excluding carboxylic acids is 1. The van der Waals surface area contributed by atoms with E-state index in [0.717, 1.165) is 12.8 Å². The van der Waals surface area contributed by atoms with E-state index in [1.54, 1.807) is 36.2 Å². The van der Waals surface area contributed by atoms with Gasteiger partial charge in [-0.25, -0.2) is 9.59 Å². The molecule has 0 heterocycles. The van der Waals surface area contributed by atoms with E-state index in [-0.39, 0.29) is 6.03 Å². The maximum absolute atomic E-state index is 12.2. The summed E-state index contributed by atoms with van der Waals surface area (Å²) in [6.45, 7) is 0.687. The van der Waals surface area contributed by atoms with Crippen molar-refractivity contribution >= 4 is 12.0 Å². The van der Waals surface area contributed by atoms with Crippen molar-refractivity contribution in [3.8, 4) is 0 Å². The lowest BCUT2D eigenvalue weighted by Crippen LogP contribution is -2.43. The van der Waals surface area contributed by atoms with E-state index in [0.29, 0.717) is 18.0 Å². The normalized spacial score (nSPS) is 16.4. The van der Waals surface area contributed by atoms with Gasteiger partial charge in [-0.1, -0.05) is 43.2 Å². The summed E-state index contributed by atoms with van der Waals surface area (Å²) in [5.41, 5.74) is 0.576. The second-order valence-corrected chi connectivity index (χ2v) is 5.66. The van der Waals surface area contributed by atoms with Crippen molar-refractivity contribution in [1.82, 2.24) is 10.2 Å². The summed E-state index contributed by atoms with van der Waals surface area (Å²) in [6, 6.07) is 7.41. The third-order valence-electron chi connectivity index (χ3n) is 4.00. The number of aliphatic carboxylic acids is 1. The van der Waals surface area contributed by atoms with E-state index in [9.17, 15) is 14.7 Å². The fourth-order valence-electron chi connectivity index (χ4n) is 2.83. The number of rotatable bonds is 5. The number of urea groups is 1. The lowest BCUT2D eigenvalue weighted by molar-refractivity contribution is -0.139. The van der Waals surface area contributed by atoms with Gasteiger partial charge in [0.05, 0.1) is 0 Å². The Morgan fingerprint density at radius 2 is 1.90 bits per heavy atom. The van der Waals surface area contributed by atoms with Crippen molar-refractivity contribution in [2.24, 2.45) is 5.92 Å². The molecule has 0 bridgehead atoms. The number of hydrogen-bond donors (Lipinski definition) is 2. The van der Waals surface area contributed by atoms with Gasteiger partial charge >= 0.3 is 12.0 Å². The summed E-state index contributed by atoms with van der Waals surface area (Å²) in [7, 11) is 1.72. The molecule has 2 N–H and O–H groups in total. The molecule has 1 aliphatic rings. The Morgan fingerprint density at radius 1 is 1.29 bits per heavy atom. The van der Waals surface area contributed by atoms with Crippen molar-refractivity contribution in [3.63, 3.8) is 0 Å². The largest absolute Gasteiger partial charge is 0.479 e. The number of carbonyl (C=O) groups is 2. The summed E-state index contributed by atoms with van der Waals surface area (Å²) >= 11 is 0. The van der Waals surface area contributed by atoms with Gasteiger partial charge in [-0.3, -0.25) is 0 Å². The second-order valence-electron chi connectivity index (χ2n) is 5.66. The zero-order chi connectivity index (χ0) is 15.2. The molecular formula is C16H22N2O3. The van der Waals surface area contributed by atoms with E-state index in [1.807, 2.05) is 6.07 Å². The fourth-order valence-corrected chi connectivity index (χ4v) is 2.83. The molecule has 114 valence electrons. The van der Waals surface area contributed by atoms with Crippen LogP contribution in [0.4, 0.5) is 4.79 Å². The number of benzene rings is 1. The highest BCUT2D eigenvalue weighted by molar-refractivity contribution is 5.83. The zero-order valence-electron chi connectivity index (χ0n) is 12.3. The molecule has 0 unspecified atom stereocenters. The molecule has 2 rings (SSSR count). The van der Waals surface area contributed by atoms with E-state index < -0.39 is 12.0 Å². The molecule has 1 aliphatic carbocycles. The maximum Gasteiger partial charge on any atom is 0.330 e. The summed E-state index contributed by atoms with van der Waals surface area (Å²) in [5, 5.41) is 11.9. The van der Waals surface area contributed by atoms with E-state index in [1.165, 1.54) is 12.8 Å². The number of carboxylic acids is 1. The van der Waals surface area contributed by atoms with Crippen molar-refractivity contribution in [2.75, 3.05) is 13.6 Å². The highest BCUT2D eigenvalue weighted by atomic mass is 16.4. The monoisotopic (exact) mass is 290 g/mol. The smallest absolute Gasteiger partial charge is 0.330 e. The first-order chi connectivity index (χ1) is 10.1. The van der Waals surface area contributed by atoms with Crippen LogP contribution < -0.4 is 5.32 Å². The van der Waals surface area contributed by atoms with Crippen LogP contribution in [0.3, 0.4) is 0 Å². The second kappa shape index (κ2) is 7.11. The minimum absolute atomic E-state index is 0.335. The van der Waals surface area contributed by atoms with Crippen LogP contribution >= 0.6 is 0 Å². The minimum atomic E-state index is -1.05. The summed E-state index contributed by atoms with van der Waals surface area (Å²) in [4.78, 5) is 25.1. The Labute approximate surface area is 125 Å². The molecule has 1 saturated carbocycles. The molecule has 0 aliphatic heterocycles. The first kappa shape index (κ1) is 15.4. The van der Waals surface area contributed by atoms with Gasteiger partial charge in [-0.15, -0.1) is 0 Å². The minimum Gasteiger partial charge on any atom is -0.479 e. The number of amides is 2. The number of hydrogen-bond acceptors (Lipinski definition) is 2. The molecule has 1 atom stereocenters. The molecule has 5 heteroatoms. The molecule has 0 spiro atoms.